The molecule has 8 aromatic carbocycles. The number of methoxy groups -OCH3 is 4. The number of carbonyl (C=O) groups is 9. The normalized spacial score (nSPS) is 20.8. The van der Waals surface area contributed by atoms with Crippen LogP contribution in [0.15, 0.2) is 207 Å². The molecule has 4 aromatic heterocycles. The molecule has 4 saturated heterocycles. The summed E-state index contributed by atoms with van der Waals surface area (Å²) in [6.07, 6.45) is 16.5. The number of aromatic amines is 4. The van der Waals surface area contributed by atoms with Crippen molar-refractivity contribution in [1.82, 2.24) is 80.7 Å². The van der Waals surface area contributed by atoms with E-state index >= 15 is 0 Å². The number of aliphatic carboxylic acids is 1. The van der Waals surface area contributed by atoms with E-state index in [1.54, 1.807) is 30.3 Å². The van der Waals surface area contributed by atoms with Crippen molar-refractivity contribution in [2.24, 2.45) is 34.5 Å². The van der Waals surface area contributed by atoms with Crippen LogP contribution in [0, 0.1) is 34.5 Å². The Morgan fingerprint density at radius 1 is 0.399 bits per heavy atom. The number of carboxylic acids is 1. The molecule has 9 N–H and O–H groups in total. The van der Waals surface area contributed by atoms with E-state index in [1.807, 2.05) is 123 Å². The van der Waals surface area contributed by atoms with Crippen LogP contribution < -0.4 is 21.3 Å². The largest absolute Gasteiger partial charge is 0.479 e. The predicted molar refractivity (Wildman–Crippen MR) is 519 cm³/mol. The third-order valence-electron chi connectivity index (χ3n) is 28.9. The topological polar surface area (TPSA) is 396 Å². The molecule has 138 heavy (non-hydrogen) atoms. The standard InChI is InChI=1S/C51H54N8O6.C46H53N7O5.C10H11NO4/c1-29(2)42(56-49(62)64-3)48(61)59-38-19-18-37(24-38)44(59)46-53-26-39(55-46)31-12-10-30(11-13-31)33-14-15-35-23-36(17-16-34(35)22-33)40-27-52-45(54-40)41-25-51(20-21-51)28-58(41)47(60)43(57-50(63)65-4)32-8-6-5-7-9-32;1-26(2)38(51-43(55)57-6)42(54)53-34-16-15-33(21-34)39(53)41-48-23-35(50-41)28-9-7-27(8-10-28)29-11-12-31-20-32(14-13-30(31)19-29)36-24-47-40(49-36)37-22-46(17-18-46)25-52(37)44(56)58-45(3,4)5;1-15-10(14)11-8(9(12)13)7-5-3-2-4-6-7/h5-17,22-23,26-27,29,37-38,41-44H,18-21,24-25,28H2,1-4H3,(H,52,54)(H,53,55)(H,56,62)(H,57,63);7-14,19-20,23-24,26,33-34,37-39H,15-18,21-22,25H2,1-6H3,(H,47,49)(H,48,50)(H,51,55);2-6,8H,1H3,(H,11,14)(H,12,13)/t37-,38+,41-,42-,43-,44-;33-,34+,37-,38-,39-;8-/m001/s1. The molecule has 31 heteroatoms. The molecule has 0 radical (unpaired) electrons. The number of hydrogen-bond acceptors (Lipinski definition) is 18. The maximum atomic E-state index is 14.3. The Balaban J connectivity index is 0.000000160. The number of alkyl carbamates (subject to hydrolysis) is 4. The van der Waals surface area contributed by atoms with Gasteiger partial charge >= 0.3 is 36.4 Å². The molecular weight excluding hydrogens is 1750 g/mol. The fourth-order valence-electron chi connectivity index (χ4n) is 21.3. The summed E-state index contributed by atoms with van der Waals surface area (Å²) in [5.74, 6) is 2.05. The lowest BCUT2D eigenvalue weighted by Gasteiger charge is -2.37. The summed E-state index contributed by atoms with van der Waals surface area (Å²) >= 11 is 0. The van der Waals surface area contributed by atoms with Crippen LogP contribution in [0.2, 0.25) is 0 Å². The van der Waals surface area contributed by atoms with Gasteiger partial charge in [-0.25, -0.2) is 48.7 Å². The SMILES string of the molecule is COC(=O)N[C@@H](C(=O)O)c1ccccc1.COC(=O)N[C@H](C(=O)N1CC2(CC2)C[C@H]1c1ncc(-c2ccc3cc(-c4ccc(-c5cnc([C@@H]6[C@H]7CC[C@H](C7)N6C(=O)[C@@H](NC(=O)OC)C(C)C)[nH]5)cc4)ccc3c2)[nH]1)c1ccccc1.COC(=O)N[C@H](C(=O)N1[C@@H]2CC[C@@H](C2)[C@H]1c1ncc(-c2ccc(-c3ccc4cc(-c5cnc([C@@H]6CC7(CC7)CN6C(=O)OC(C)(C)C)[nH]5)ccc4c3)cc2)[nH]1)C(C)C. The van der Waals surface area contributed by atoms with Gasteiger partial charge in [0, 0.05) is 36.3 Å². The number of ether oxygens (including phenoxy) is 5. The average Bonchev–Trinajstić information content (AvgIpc) is 1.59. The molecule has 8 heterocycles. The Morgan fingerprint density at radius 3 is 1.12 bits per heavy atom. The molecule has 0 unspecified atom stereocenters. The molecule has 8 aliphatic rings. The van der Waals surface area contributed by atoms with Gasteiger partial charge in [-0.1, -0.05) is 185 Å². The van der Waals surface area contributed by atoms with Crippen LogP contribution in [0.1, 0.15) is 196 Å². The van der Waals surface area contributed by atoms with E-state index in [1.165, 1.54) is 28.4 Å². The van der Waals surface area contributed by atoms with Gasteiger partial charge in [0.15, 0.2) is 6.04 Å². The Labute approximate surface area is 800 Å². The Hall–Kier alpha value is -14.7. The summed E-state index contributed by atoms with van der Waals surface area (Å²) in [7, 11) is 5.10. The average molecular weight is 1870 g/mol. The molecule has 716 valence electrons. The van der Waals surface area contributed by atoms with Gasteiger partial charge in [-0.05, 0) is 223 Å². The van der Waals surface area contributed by atoms with Gasteiger partial charge in [0.2, 0.25) is 11.8 Å². The second kappa shape index (κ2) is 38.9. The lowest BCUT2D eigenvalue weighted by atomic mass is 9.95. The lowest BCUT2D eigenvalue weighted by molar-refractivity contribution is -0.140. The van der Waals surface area contributed by atoms with Crippen molar-refractivity contribution in [3.63, 3.8) is 0 Å². The predicted octanol–water partition coefficient (Wildman–Crippen LogP) is 19.2. The van der Waals surface area contributed by atoms with Gasteiger partial charge in [0.05, 0.1) is 100 Å². The van der Waals surface area contributed by atoms with Crippen molar-refractivity contribution >= 4 is 75.7 Å². The van der Waals surface area contributed by atoms with Crippen LogP contribution in [0.4, 0.5) is 24.0 Å². The minimum atomic E-state index is -1.13. The highest BCUT2D eigenvalue weighted by molar-refractivity contribution is 5.94. The minimum Gasteiger partial charge on any atom is -0.479 e. The third kappa shape index (κ3) is 19.7. The number of benzene rings is 8. The maximum Gasteiger partial charge on any atom is 0.410 e. The van der Waals surface area contributed by atoms with E-state index in [0.29, 0.717) is 29.5 Å². The van der Waals surface area contributed by atoms with Crippen molar-refractivity contribution in [2.45, 2.75) is 192 Å². The van der Waals surface area contributed by atoms with Crippen molar-refractivity contribution in [3.8, 4) is 67.3 Å². The molecule has 12 atom stereocenters. The molecule has 2 spiro atoms. The zero-order chi connectivity index (χ0) is 96.8. The molecule has 8 fully saturated rings. The van der Waals surface area contributed by atoms with Gasteiger partial charge in [0.1, 0.15) is 47.0 Å². The fraction of sp³-hybridized carbons (Fsp3) is 0.393. The van der Waals surface area contributed by atoms with Crippen LogP contribution in [-0.4, -0.2) is 190 Å². The molecule has 4 aliphatic heterocycles. The van der Waals surface area contributed by atoms with Crippen molar-refractivity contribution < 1.29 is 71.9 Å². The van der Waals surface area contributed by atoms with Gasteiger partial charge in [-0.3, -0.25) is 19.3 Å². The van der Waals surface area contributed by atoms with E-state index < -0.39 is 60.1 Å². The first-order chi connectivity index (χ1) is 66.4. The van der Waals surface area contributed by atoms with Gasteiger partial charge in [-0.15, -0.1) is 0 Å². The molecule has 31 nitrogen and oxygen atoms in total. The molecule has 12 aromatic rings. The first-order valence-corrected chi connectivity index (χ1v) is 47.6. The van der Waals surface area contributed by atoms with Crippen LogP contribution >= 0.6 is 0 Å². The molecular formula is C107H118N16O15. The van der Waals surface area contributed by atoms with Gasteiger partial charge in [0.25, 0.3) is 5.91 Å². The molecule has 4 saturated carbocycles. The van der Waals surface area contributed by atoms with E-state index in [9.17, 15) is 43.2 Å². The number of carboxylic acid groups (broad SMARTS) is 1. The van der Waals surface area contributed by atoms with Crippen LogP contribution in [0.5, 0.6) is 0 Å². The number of nitrogens with zero attached hydrogens (tertiary/aromatic N) is 8. The van der Waals surface area contributed by atoms with E-state index in [0.717, 1.165) is 196 Å². The maximum absolute atomic E-state index is 14.3. The number of likely N-dealkylation sites (tertiary alicyclic amines) is 4. The Morgan fingerprint density at radius 2 is 0.732 bits per heavy atom. The quantitative estimate of drug-likeness (QED) is 0.0285. The highest BCUT2D eigenvalue weighted by Gasteiger charge is 2.58. The van der Waals surface area contributed by atoms with Gasteiger partial charge in [-0.2, -0.15) is 0 Å². The Bertz CT molecular complexity index is 6540. The molecule has 4 aliphatic carbocycles. The summed E-state index contributed by atoms with van der Waals surface area (Å²) in [5, 5.41) is 23.9. The molecule has 20 rings (SSSR count). The van der Waals surface area contributed by atoms with Crippen molar-refractivity contribution in [2.75, 3.05) is 41.5 Å². The smallest absolute Gasteiger partial charge is 0.410 e. The number of hydrogen-bond donors (Lipinski definition) is 9. The second-order valence-electron chi connectivity index (χ2n) is 39.8. The van der Waals surface area contributed by atoms with Gasteiger partial charge < -0.3 is 84.7 Å². The van der Waals surface area contributed by atoms with Crippen LogP contribution in [0.3, 0.4) is 0 Å². The van der Waals surface area contributed by atoms with Crippen LogP contribution in [-0.2, 0) is 42.9 Å². The number of carbonyl (C=O) groups excluding carboxylic acids is 8. The summed E-state index contributed by atoms with van der Waals surface area (Å²) < 4.78 is 24.7. The first kappa shape index (κ1) is 93.7. The lowest BCUT2D eigenvalue weighted by Crippen LogP contribution is -2.54. The highest BCUT2D eigenvalue weighted by atomic mass is 16.6. The number of piperidine rings is 2. The Kier molecular flexibility index (Phi) is 26.4. The fourth-order valence-corrected chi connectivity index (χ4v) is 21.3. The number of H-pyrrole nitrogens is 4. The summed E-state index contributed by atoms with van der Waals surface area (Å²) in [4.78, 5) is 155. The number of aromatic nitrogens is 8. The second-order valence-corrected chi connectivity index (χ2v) is 39.8. The van der Waals surface area contributed by atoms with Crippen molar-refractivity contribution in [3.05, 3.63) is 241 Å². The zero-order valence-corrected chi connectivity index (χ0v) is 79.4. The third-order valence-corrected chi connectivity index (χ3v) is 28.9. The van der Waals surface area contributed by atoms with E-state index in [-0.39, 0.29) is 82.7 Å². The summed E-state index contributed by atoms with van der Waals surface area (Å²) in [6, 6.07) is 56.6. The van der Waals surface area contributed by atoms with E-state index in [4.69, 9.17) is 44.0 Å². The molecule has 8 amide bonds. The number of nitrogens with one attached hydrogen (secondary N) is 8. The van der Waals surface area contributed by atoms with Crippen molar-refractivity contribution in [1.29, 1.82) is 0 Å². The highest BCUT2D eigenvalue weighted by Crippen LogP contribution is 2.61. The number of rotatable bonds is 22. The number of fused-ring (bicyclic) bond motifs is 6. The molecule has 4 bridgehead atoms. The number of imidazole rings is 4. The summed E-state index contributed by atoms with van der Waals surface area (Å²) in [5.41, 5.74) is 12.9. The summed E-state index contributed by atoms with van der Waals surface area (Å²) in [6.45, 7) is 14.8. The monoisotopic (exact) mass is 1870 g/mol. The van der Waals surface area contributed by atoms with E-state index in [2.05, 4.69) is 167 Å². The van der Waals surface area contributed by atoms with Crippen LogP contribution in [0.25, 0.3) is 88.8 Å². The zero-order valence-electron chi connectivity index (χ0n) is 79.4. The first-order valence-electron chi connectivity index (χ1n) is 47.6. The minimum absolute atomic E-state index is 0.0780. The number of amides is 8.